The van der Waals surface area contributed by atoms with Crippen LogP contribution in [0.5, 0.6) is 0 Å². The molecule has 5 heteroatoms. The van der Waals surface area contributed by atoms with E-state index < -0.39 is 0 Å². The first kappa shape index (κ1) is 15.3. The fourth-order valence-electron chi connectivity index (χ4n) is 3.18. The lowest BCUT2D eigenvalue weighted by Crippen LogP contribution is -2.47. The number of amides is 1. The second kappa shape index (κ2) is 6.23. The van der Waals surface area contributed by atoms with Gasteiger partial charge in [0.25, 0.3) is 5.91 Å². The Morgan fingerprint density at radius 1 is 1.41 bits per heavy atom. The van der Waals surface area contributed by atoms with Crippen molar-refractivity contribution in [2.45, 2.75) is 32.2 Å². The van der Waals surface area contributed by atoms with Crippen LogP contribution in [0.15, 0.2) is 24.3 Å². The van der Waals surface area contributed by atoms with E-state index in [1.807, 2.05) is 30.0 Å². The van der Waals surface area contributed by atoms with Gasteiger partial charge in [-0.1, -0.05) is 11.6 Å². The van der Waals surface area contributed by atoms with Gasteiger partial charge in [-0.15, -0.1) is 0 Å². The fraction of sp³-hybridized carbons (Fsp3) is 0.412. The van der Waals surface area contributed by atoms with E-state index in [0.29, 0.717) is 17.1 Å². The molecule has 1 aromatic carbocycles. The van der Waals surface area contributed by atoms with Gasteiger partial charge < -0.3 is 10.6 Å². The molecule has 2 N–H and O–H groups in total. The summed E-state index contributed by atoms with van der Waals surface area (Å²) in [7, 11) is 0. The second-order valence-corrected chi connectivity index (χ2v) is 6.29. The molecule has 22 heavy (non-hydrogen) atoms. The summed E-state index contributed by atoms with van der Waals surface area (Å²) in [4.78, 5) is 19.5. The third kappa shape index (κ3) is 2.81. The average Bonchev–Trinajstić information content (AvgIpc) is 2.53. The SMILES string of the molecule is Cc1cc(C(=O)N2CCCC[C@H]2CN)c2cc(Cl)ccc2n1. The number of carbonyl (C=O) groups is 1. The summed E-state index contributed by atoms with van der Waals surface area (Å²) in [6, 6.07) is 7.46. The van der Waals surface area contributed by atoms with Crippen molar-refractivity contribution in [1.29, 1.82) is 0 Å². The van der Waals surface area contributed by atoms with Crippen molar-refractivity contribution in [3.05, 3.63) is 40.5 Å². The monoisotopic (exact) mass is 317 g/mol. The van der Waals surface area contributed by atoms with Crippen LogP contribution in [-0.4, -0.2) is 34.9 Å². The predicted molar refractivity (Wildman–Crippen MR) is 89.2 cm³/mol. The van der Waals surface area contributed by atoms with Gasteiger partial charge in [0.1, 0.15) is 0 Å². The molecule has 1 aliphatic heterocycles. The zero-order valence-electron chi connectivity index (χ0n) is 12.7. The van der Waals surface area contributed by atoms with Crippen LogP contribution < -0.4 is 5.73 Å². The summed E-state index contributed by atoms with van der Waals surface area (Å²) in [5.41, 5.74) is 8.15. The molecule has 1 fully saturated rings. The van der Waals surface area contributed by atoms with Gasteiger partial charge in [-0.3, -0.25) is 9.78 Å². The van der Waals surface area contributed by atoms with Crippen LogP contribution in [-0.2, 0) is 0 Å². The lowest BCUT2D eigenvalue weighted by molar-refractivity contribution is 0.0625. The number of carbonyl (C=O) groups excluding carboxylic acids is 1. The highest BCUT2D eigenvalue weighted by Gasteiger charge is 2.27. The highest BCUT2D eigenvalue weighted by molar-refractivity contribution is 6.31. The summed E-state index contributed by atoms with van der Waals surface area (Å²) in [6.45, 7) is 3.18. The van der Waals surface area contributed by atoms with Gasteiger partial charge in [-0.2, -0.15) is 0 Å². The number of pyridine rings is 1. The van der Waals surface area contributed by atoms with Crippen molar-refractivity contribution in [2.24, 2.45) is 5.73 Å². The van der Waals surface area contributed by atoms with E-state index in [1.165, 1.54) is 0 Å². The molecule has 0 saturated carbocycles. The molecule has 2 heterocycles. The van der Waals surface area contributed by atoms with Crippen molar-refractivity contribution in [1.82, 2.24) is 9.88 Å². The minimum atomic E-state index is 0.0351. The highest BCUT2D eigenvalue weighted by Crippen LogP contribution is 2.26. The molecular formula is C17H20ClN3O. The molecule has 1 aliphatic rings. The molecule has 1 saturated heterocycles. The lowest BCUT2D eigenvalue weighted by Gasteiger charge is -2.35. The quantitative estimate of drug-likeness (QED) is 0.925. The number of halogens is 1. The Hall–Kier alpha value is -1.65. The number of rotatable bonds is 2. The zero-order valence-corrected chi connectivity index (χ0v) is 13.4. The summed E-state index contributed by atoms with van der Waals surface area (Å²) in [5.74, 6) is 0.0351. The van der Waals surface area contributed by atoms with Crippen molar-refractivity contribution in [3.63, 3.8) is 0 Å². The van der Waals surface area contributed by atoms with Crippen molar-refractivity contribution < 1.29 is 4.79 Å². The number of fused-ring (bicyclic) bond motifs is 1. The largest absolute Gasteiger partial charge is 0.334 e. The van der Waals surface area contributed by atoms with Gasteiger partial charge in [0.05, 0.1) is 11.1 Å². The molecule has 4 nitrogen and oxygen atoms in total. The number of benzene rings is 1. The molecule has 2 aromatic rings. The Morgan fingerprint density at radius 3 is 3.00 bits per heavy atom. The van der Waals surface area contributed by atoms with Gasteiger partial charge in [0.15, 0.2) is 0 Å². The number of nitrogens with zero attached hydrogens (tertiary/aromatic N) is 2. The standard InChI is InChI=1S/C17H20ClN3O/c1-11-8-15(14-9-12(18)5-6-16(14)20-11)17(22)21-7-3-2-4-13(21)10-19/h5-6,8-9,13H,2-4,7,10,19H2,1H3/t13-/m0/s1. The van der Waals surface area contributed by atoms with Crippen LogP contribution in [0.3, 0.4) is 0 Å². The van der Waals surface area contributed by atoms with E-state index in [2.05, 4.69) is 4.98 Å². The Kier molecular flexibility index (Phi) is 4.32. The molecule has 116 valence electrons. The van der Waals surface area contributed by atoms with Gasteiger partial charge in [-0.05, 0) is 50.5 Å². The maximum Gasteiger partial charge on any atom is 0.254 e. The molecular weight excluding hydrogens is 298 g/mol. The van der Waals surface area contributed by atoms with Gasteiger partial charge in [0, 0.05) is 35.2 Å². The highest BCUT2D eigenvalue weighted by atomic mass is 35.5. The molecule has 0 bridgehead atoms. The van der Waals surface area contributed by atoms with Crippen molar-refractivity contribution >= 4 is 28.4 Å². The van der Waals surface area contributed by atoms with Crippen LogP contribution in [0, 0.1) is 6.92 Å². The van der Waals surface area contributed by atoms with Crippen molar-refractivity contribution in [2.75, 3.05) is 13.1 Å². The van der Waals surface area contributed by atoms with Crippen LogP contribution in [0.4, 0.5) is 0 Å². The minimum Gasteiger partial charge on any atom is -0.334 e. The number of aromatic nitrogens is 1. The third-order valence-corrected chi connectivity index (χ3v) is 4.52. The number of likely N-dealkylation sites (tertiary alicyclic amines) is 1. The van der Waals surface area contributed by atoms with Crippen LogP contribution in [0.1, 0.15) is 35.3 Å². The van der Waals surface area contributed by atoms with E-state index in [9.17, 15) is 4.79 Å². The maximum absolute atomic E-state index is 13.0. The normalized spacial score (nSPS) is 18.7. The Morgan fingerprint density at radius 2 is 2.23 bits per heavy atom. The lowest BCUT2D eigenvalue weighted by atomic mass is 9.99. The molecule has 3 rings (SSSR count). The van der Waals surface area contributed by atoms with Gasteiger partial charge in [0.2, 0.25) is 0 Å². The topological polar surface area (TPSA) is 59.2 Å². The number of aryl methyl sites for hydroxylation is 1. The summed E-state index contributed by atoms with van der Waals surface area (Å²) in [6.07, 6.45) is 3.14. The summed E-state index contributed by atoms with van der Waals surface area (Å²) in [5, 5.41) is 1.42. The minimum absolute atomic E-state index is 0.0351. The predicted octanol–water partition coefficient (Wildman–Crippen LogP) is 3.15. The van der Waals surface area contributed by atoms with Gasteiger partial charge in [-0.25, -0.2) is 0 Å². The Labute approximate surface area is 135 Å². The second-order valence-electron chi connectivity index (χ2n) is 5.86. The number of piperidine rings is 1. The molecule has 1 amide bonds. The summed E-state index contributed by atoms with van der Waals surface area (Å²) >= 11 is 6.10. The van der Waals surface area contributed by atoms with E-state index in [0.717, 1.165) is 42.4 Å². The van der Waals surface area contributed by atoms with Crippen LogP contribution in [0.25, 0.3) is 10.9 Å². The number of hydrogen-bond acceptors (Lipinski definition) is 3. The maximum atomic E-state index is 13.0. The van der Waals surface area contributed by atoms with E-state index >= 15 is 0 Å². The zero-order chi connectivity index (χ0) is 15.7. The van der Waals surface area contributed by atoms with E-state index in [-0.39, 0.29) is 11.9 Å². The number of hydrogen-bond donors (Lipinski definition) is 1. The average molecular weight is 318 g/mol. The van der Waals surface area contributed by atoms with Gasteiger partial charge >= 0.3 is 0 Å². The first-order valence-corrected chi connectivity index (χ1v) is 8.06. The Bertz CT molecular complexity index is 716. The smallest absolute Gasteiger partial charge is 0.254 e. The molecule has 1 aromatic heterocycles. The summed E-state index contributed by atoms with van der Waals surface area (Å²) < 4.78 is 0. The third-order valence-electron chi connectivity index (χ3n) is 4.29. The van der Waals surface area contributed by atoms with Crippen molar-refractivity contribution in [3.8, 4) is 0 Å². The molecule has 0 aliphatic carbocycles. The number of nitrogens with two attached hydrogens (primary N) is 1. The molecule has 0 spiro atoms. The first-order chi connectivity index (χ1) is 10.6. The molecule has 1 atom stereocenters. The first-order valence-electron chi connectivity index (χ1n) is 7.68. The fourth-order valence-corrected chi connectivity index (χ4v) is 3.35. The van der Waals surface area contributed by atoms with Crippen LogP contribution >= 0.6 is 11.6 Å². The van der Waals surface area contributed by atoms with E-state index in [4.69, 9.17) is 17.3 Å². The molecule has 0 unspecified atom stereocenters. The molecule has 0 radical (unpaired) electrons. The van der Waals surface area contributed by atoms with Crippen LogP contribution in [0.2, 0.25) is 5.02 Å². The Balaban J connectivity index is 2.08. The van der Waals surface area contributed by atoms with E-state index in [1.54, 1.807) is 6.07 Å².